The topological polar surface area (TPSA) is 17.1 Å². The Morgan fingerprint density at radius 2 is 1.72 bits per heavy atom. The van der Waals surface area contributed by atoms with E-state index in [0.29, 0.717) is 11.7 Å². The molecule has 1 aromatic rings. The van der Waals surface area contributed by atoms with Gasteiger partial charge in [0.05, 0.1) is 0 Å². The standard InChI is InChI=1S/C17H24O/c1-13(2)12-14-6-8-15(9-7-14)16(18)17(3)10-4-5-11-17/h6-9,13H,4-5,10-12H2,1-3H3. The molecule has 1 aromatic carbocycles. The van der Waals surface area contributed by atoms with E-state index in [0.717, 1.165) is 24.8 Å². The van der Waals surface area contributed by atoms with Crippen LogP contribution < -0.4 is 0 Å². The molecule has 0 aliphatic heterocycles. The molecule has 0 bridgehead atoms. The van der Waals surface area contributed by atoms with Crippen molar-refractivity contribution in [2.45, 2.75) is 52.9 Å². The van der Waals surface area contributed by atoms with E-state index in [1.165, 1.54) is 18.4 Å². The van der Waals surface area contributed by atoms with E-state index in [9.17, 15) is 4.79 Å². The second-order valence-corrected chi connectivity index (χ2v) is 6.39. The average molecular weight is 244 g/mol. The van der Waals surface area contributed by atoms with Gasteiger partial charge in [-0.15, -0.1) is 0 Å². The molecular weight excluding hydrogens is 220 g/mol. The summed E-state index contributed by atoms with van der Waals surface area (Å²) in [6.07, 6.45) is 5.60. The van der Waals surface area contributed by atoms with E-state index < -0.39 is 0 Å². The quantitative estimate of drug-likeness (QED) is 0.705. The van der Waals surface area contributed by atoms with Gasteiger partial charge in [0.1, 0.15) is 0 Å². The van der Waals surface area contributed by atoms with Crippen LogP contribution in [0.2, 0.25) is 0 Å². The highest BCUT2D eigenvalue weighted by molar-refractivity contribution is 6.00. The predicted octanol–water partition coefficient (Wildman–Crippen LogP) is 4.65. The third-order valence-corrected chi connectivity index (χ3v) is 4.12. The van der Waals surface area contributed by atoms with Crippen LogP contribution in [0.3, 0.4) is 0 Å². The van der Waals surface area contributed by atoms with Gasteiger partial charge in [0.2, 0.25) is 0 Å². The van der Waals surface area contributed by atoms with Crippen LogP contribution in [0.25, 0.3) is 0 Å². The Hall–Kier alpha value is -1.11. The Kier molecular flexibility index (Phi) is 3.89. The first-order valence-corrected chi connectivity index (χ1v) is 7.15. The van der Waals surface area contributed by atoms with Crippen molar-refractivity contribution in [1.29, 1.82) is 0 Å². The number of carbonyl (C=O) groups is 1. The molecule has 0 atom stereocenters. The highest BCUT2D eigenvalue weighted by Gasteiger charge is 2.36. The molecule has 98 valence electrons. The molecule has 1 heteroatoms. The Balaban J connectivity index is 2.12. The Morgan fingerprint density at radius 3 is 2.22 bits per heavy atom. The minimum atomic E-state index is -0.0977. The first kappa shape index (κ1) is 13.3. The highest BCUT2D eigenvalue weighted by Crippen LogP contribution is 2.40. The maximum atomic E-state index is 12.5. The van der Waals surface area contributed by atoms with Crippen molar-refractivity contribution < 1.29 is 4.79 Å². The maximum absolute atomic E-state index is 12.5. The Labute approximate surface area is 111 Å². The lowest BCUT2D eigenvalue weighted by Gasteiger charge is -2.21. The van der Waals surface area contributed by atoms with Crippen LogP contribution in [-0.4, -0.2) is 5.78 Å². The molecule has 18 heavy (non-hydrogen) atoms. The number of rotatable bonds is 4. The van der Waals surface area contributed by atoms with E-state index in [2.05, 4.69) is 32.9 Å². The molecule has 1 aliphatic carbocycles. The van der Waals surface area contributed by atoms with E-state index in [1.54, 1.807) is 0 Å². The maximum Gasteiger partial charge on any atom is 0.168 e. The van der Waals surface area contributed by atoms with Gasteiger partial charge in [-0.1, -0.05) is 57.9 Å². The molecule has 0 spiro atoms. The van der Waals surface area contributed by atoms with Gasteiger partial charge in [0.15, 0.2) is 5.78 Å². The van der Waals surface area contributed by atoms with E-state index in [1.807, 2.05) is 12.1 Å². The summed E-state index contributed by atoms with van der Waals surface area (Å²) in [4.78, 5) is 12.5. The molecule has 0 unspecified atom stereocenters. The van der Waals surface area contributed by atoms with Gasteiger partial charge in [-0.3, -0.25) is 4.79 Å². The summed E-state index contributed by atoms with van der Waals surface area (Å²) in [6.45, 7) is 6.57. The molecule has 2 rings (SSSR count). The number of hydrogen-bond donors (Lipinski definition) is 0. The molecular formula is C17H24O. The van der Waals surface area contributed by atoms with Gasteiger partial charge < -0.3 is 0 Å². The van der Waals surface area contributed by atoms with Gasteiger partial charge in [0.25, 0.3) is 0 Å². The van der Waals surface area contributed by atoms with Crippen LogP contribution in [0, 0.1) is 11.3 Å². The lowest BCUT2D eigenvalue weighted by atomic mass is 9.80. The first-order valence-electron chi connectivity index (χ1n) is 7.15. The minimum absolute atomic E-state index is 0.0977. The molecule has 1 fully saturated rings. The van der Waals surface area contributed by atoms with Crippen LogP contribution >= 0.6 is 0 Å². The van der Waals surface area contributed by atoms with Crippen molar-refractivity contribution in [3.05, 3.63) is 35.4 Å². The molecule has 1 aliphatic rings. The van der Waals surface area contributed by atoms with Crippen LogP contribution in [0.15, 0.2) is 24.3 Å². The zero-order valence-electron chi connectivity index (χ0n) is 11.8. The second-order valence-electron chi connectivity index (χ2n) is 6.39. The van der Waals surface area contributed by atoms with E-state index >= 15 is 0 Å². The molecule has 0 saturated heterocycles. The first-order chi connectivity index (χ1) is 8.51. The number of carbonyl (C=O) groups excluding carboxylic acids is 1. The van der Waals surface area contributed by atoms with Gasteiger partial charge in [-0.05, 0) is 30.7 Å². The Morgan fingerprint density at radius 1 is 1.17 bits per heavy atom. The SMILES string of the molecule is CC(C)Cc1ccc(C(=O)C2(C)CCCC2)cc1. The summed E-state index contributed by atoms with van der Waals surface area (Å²) < 4.78 is 0. The zero-order valence-corrected chi connectivity index (χ0v) is 11.8. The summed E-state index contributed by atoms with van der Waals surface area (Å²) >= 11 is 0. The molecule has 1 nitrogen and oxygen atoms in total. The van der Waals surface area contributed by atoms with Crippen molar-refractivity contribution in [2.24, 2.45) is 11.3 Å². The summed E-state index contributed by atoms with van der Waals surface area (Å²) in [5, 5.41) is 0. The molecule has 0 heterocycles. The van der Waals surface area contributed by atoms with Crippen molar-refractivity contribution >= 4 is 5.78 Å². The fourth-order valence-electron chi connectivity index (χ4n) is 2.99. The summed E-state index contributed by atoms with van der Waals surface area (Å²) in [7, 11) is 0. The van der Waals surface area contributed by atoms with Crippen LogP contribution in [0.1, 0.15) is 62.4 Å². The molecule has 0 aromatic heterocycles. The number of ketones is 1. The highest BCUT2D eigenvalue weighted by atomic mass is 16.1. The minimum Gasteiger partial charge on any atom is -0.294 e. The third-order valence-electron chi connectivity index (χ3n) is 4.12. The fraction of sp³-hybridized carbons (Fsp3) is 0.588. The summed E-state index contributed by atoms with van der Waals surface area (Å²) in [5.41, 5.74) is 2.13. The summed E-state index contributed by atoms with van der Waals surface area (Å²) in [5.74, 6) is 1.01. The van der Waals surface area contributed by atoms with Crippen molar-refractivity contribution in [3.8, 4) is 0 Å². The summed E-state index contributed by atoms with van der Waals surface area (Å²) in [6, 6.07) is 8.27. The van der Waals surface area contributed by atoms with Crippen LogP contribution in [0.4, 0.5) is 0 Å². The van der Waals surface area contributed by atoms with Crippen LogP contribution in [-0.2, 0) is 6.42 Å². The van der Waals surface area contributed by atoms with Crippen LogP contribution in [0.5, 0.6) is 0 Å². The molecule has 0 radical (unpaired) electrons. The fourth-order valence-corrected chi connectivity index (χ4v) is 2.99. The van der Waals surface area contributed by atoms with E-state index in [4.69, 9.17) is 0 Å². The molecule has 1 saturated carbocycles. The smallest absolute Gasteiger partial charge is 0.168 e. The van der Waals surface area contributed by atoms with Crippen molar-refractivity contribution in [2.75, 3.05) is 0 Å². The van der Waals surface area contributed by atoms with Crippen molar-refractivity contribution in [3.63, 3.8) is 0 Å². The Bertz CT molecular complexity index is 408. The molecule has 0 amide bonds. The second kappa shape index (κ2) is 5.26. The predicted molar refractivity (Wildman–Crippen MR) is 75.9 cm³/mol. The number of benzene rings is 1. The van der Waals surface area contributed by atoms with Gasteiger partial charge in [0, 0.05) is 11.0 Å². The molecule has 0 N–H and O–H groups in total. The lowest BCUT2D eigenvalue weighted by molar-refractivity contribution is 0.0823. The van der Waals surface area contributed by atoms with Gasteiger partial charge >= 0.3 is 0 Å². The van der Waals surface area contributed by atoms with Gasteiger partial charge in [-0.2, -0.15) is 0 Å². The lowest BCUT2D eigenvalue weighted by Crippen LogP contribution is -2.24. The van der Waals surface area contributed by atoms with Gasteiger partial charge in [-0.25, -0.2) is 0 Å². The monoisotopic (exact) mass is 244 g/mol. The average Bonchev–Trinajstić information content (AvgIpc) is 2.77. The normalized spacial score (nSPS) is 18.2. The van der Waals surface area contributed by atoms with Crippen molar-refractivity contribution in [1.82, 2.24) is 0 Å². The van der Waals surface area contributed by atoms with E-state index in [-0.39, 0.29) is 5.41 Å². The zero-order chi connectivity index (χ0) is 13.2. The third kappa shape index (κ3) is 2.82. The number of hydrogen-bond acceptors (Lipinski definition) is 1. The number of Topliss-reactive ketones (excluding diaryl/α,β-unsaturated/α-hetero) is 1. The largest absolute Gasteiger partial charge is 0.294 e.